The third-order valence-corrected chi connectivity index (χ3v) is 5.97. The average Bonchev–Trinajstić information content (AvgIpc) is 3.53. The fourth-order valence-electron chi connectivity index (χ4n) is 3.96. The molecule has 1 aromatic carbocycles. The molecule has 0 unspecified atom stereocenters. The Morgan fingerprint density at radius 2 is 1.82 bits per heavy atom. The number of halogens is 7. The smallest absolute Gasteiger partial charge is 0.363 e. The highest BCUT2D eigenvalue weighted by Gasteiger charge is 2.48. The summed E-state index contributed by atoms with van der Waals surface area (Å²) in [6.45, 7) is 1.69. The molecule has 12 heteroatoms. The SMILES string of the molecule is Cc1nc(N[C@H](C)c2cccc(C(F)F)c2F)c2cn(C3(CF)CC3)c(=O)c(C(F)(F)F)c2n1. The van der Waals surface area contributed by atoms with Crippen LogP contribution in [0, 0.1) is 12.7 Å². The summed E-state index contributed by atoms with van der Waals surface area (Å²) in [7, 11) is 0. The Balaban J connectivity index is 1.92. The number of fused-ring (bicyclic) bond motifs is 1. The van der Waals surface area contributed by atoms with Crippen molar-refractivity contribution in [1.82, 2.24) is 14.5 Å². The van der Waals surface area contributed by atoms with E-state index in [2.05, 4.69) is 15.3 Å². The van der Waals surface area contributed by atoms with E-state index in [1.165, 1.54) is 26.0 Å². The van der Waals surface area contributed by atoms with Crippen LogP contribution in [0.1, 0.15) is 54.7 Å². The second kappa shape index (κ2) is 8.24. The largest absolute Gasteiger partial charge is 0.423 e. The second-order valence-electron chi connectivity index (χ2n) is 8.33. The summed E-state index contributed by atoms with van der Waals surface area (Å²) < 4.78 is 97.0. The Morgan fingerprint density at radius 1 is 1.18 bits per heavy atom. The molecule has 0 saturated heterocycles. The highest BCUT2D eigenvalue weighted by Crippen LogP contribution is 2.45. The minimum Gasteiger partial charge on any atom is -0.363 e. The van der Waals surface area contributed by atoms with Gasteiger partial charge in [-0.3, -0.25) is 4.79 Å². The molecule has 1 fully saturated rings. The summed E-state index contributed by atoms with van der Waals surface area (Å²) >= 11 is 0. The zero-order valence-electron chi connectivity index (χ0n) is 18.0. The summed E-state index contributed by atoms with van der Waals surface area (Å²) in [6, 6.07) is 2.43. The van der Waals surface area contributed by atoms with E-state index in [9.17, 15) is 35.5 Å². The molecule has 1 N–H and O–H groups in total. The number of nitrogens with zero attached hydrogens (tertiary/aromatic N) is 3. The Bertz CT molecular complexity index is 1320. The maximum atomic E-state index is 14.6. The zero-order chi connectivity index (χ0) is 25.0. The number of rotatable bonds is 6. The molecule has 0 bridgehead atoms. The van der Waals surface area contributed by atoms with Crippen molar-refractivity contribution in [3.63, 3.8) is 0 Å². The molecule has 3 aromatic rings. The first-order valence-electron chi connectivity index (χ1n) is 10.3. The Kier molecular flexibility index (Phi) is 5.81. The van der Waals surface area contributed by atoms with E-state index in [1.54, 1.807) is 0 Å². The summed E-state index contributed by atoms with van der Waals surface area (Å²) in [5, 5.41) is 2.52. The topological polar surface area (TPSA) is 59.8 Å². The summed E-state index contributed by atoms with van der Waals surface area (Å²) in [4.78, 5) is 20.7. The van der Waals surface area contributed by atoms with Gasteiger partial charge in [-0.15, -0.1) is 0 Å². The lowest BCUT2D eigenvalue weighted by Crippen LogP contribution is -2.36. The Labute approximate surface area is 188 Å². The molecule has 5 nitrogen and oxygen atoms in total. The Hall–Kier alpha value is -3.18. The lowest BCUT2D eigenvalue weighted by molar-refractivity contribution is -0.137. The number of pyridine rings is 1. The third kappa shape index (κ3) is 3.98. The monoisotopic (exact) mass is 488 g/mol. The first-order valence-corrected chi connectivity index (χ1v) is 10.3. The molecule has 0 spiro atoms. The molecule has 1 saturated carbocycles. The molecular weight excluding hydrogens is 469 g/mol. The maximum absolute atomic E-state index is 14.6. The molecule has 2 aromatic heterocycles. The predicted molar refractivity (Wildman–Crippen MR) is 110 cm³/mol. The van der Waals surface area contributed by atoms with Crippen LogP contribution in [0.4, 0.5) is 36.6 Å². The van der Waals surface area contributed by atoms with Gasteiger partial charge < -0.3 is 9.88 Å². The molecule has 0 aliphatic heterocycles. The standard InChI is InChI=1S/C22H19F7N4O/c1-10(12-4-3-5-13(16(12)24)18(25)26)30-19-14-8-33(21(9-23)6-7-21)20(34)15(22(27,28)29)17(14)31-11(2)32-19/h3-5,8,10,18H,6-7,9H2,1-2H3,(H,30,31,32)/t10-/m1/s1. The number of nitrogens with one attached hydrogen (secondary N) is 1. The minimum absolute atomic E-state index is 0.113. The van der Waals surface area contributed by atoms with Gasteiger partial charge in [-0.1, -0.05) is 18.2 Å². The van der Waals surface area contributed by atoms with Gasteiger partial charge >= 0.3 is 6.18 Å². The van der Waals surface area contributed by atoms with Gasteiger partial charge in [-0.25, -0.2) is 27.5 Å². The van der Waals surface area contributed by atoms with Gasteiger partial charge in [0.2, 0.25) is 0 Å². The van der Waals surface area contributed by atoms with Gasteiger partial charge in [0.15, 0.2) is 0 Å². The van der Waals surface area contributed by atoms with E-state index in [0.29, 0.717) is 0 Å². The van der Waals surface area contributed by atoms with E-state index in [-0.39, 0.29) is 35.4 Å². The number of anilines is 1. The molecule has 2 heterocycles. The van der Waals surface area contributed by atoms with Crippen LogP contribution in [0.15, 0.2) is 29.2 Å². The van der Waals surface area contributed by atoms with Gasteiger partial charge in [-0.2, -0.15) is 13.2 Å². The van der Waals surface area contributed by atoms with Gasteiger partial charge in [-0.05, 0) is 26.7 Å². The van der Waals surface area contributed by atoms with Crippen LogP contribution in [0.2, 0.25) is 0 Å². The predicted octanol–water partition coefficient (Wildman–Crippen LogP) is 5.83. The van der Waals surface area contributed by atoms with Crippen LogP contribution in [0.5, 0.6) is 0 Å². The average molecular weight is 488 g/mol. The lowest BCUT2D eigenvalue weighted by atomic mass is 10.0. The van der Waals surface area contributed by atoms with Crippen molar-refractivity contribution in [2.75, 3.05) is 12.0 Å². The first kappa shape index (κ1) is 24.0. The van der Waals surface area contributed by atoms with Crippen molar-refractivity contribution in [3.05, 3.63) is 63.1 Å². The van der Waals surface area contributed by atoms with E-state index in [1.807, 2.05) is 0 Å². The molecule has 4 rings (SSSR count). The van der Waals surface area contributed by atoms with Crippen LogP contribution in [0.3, 0.4) is 0 Å². The van der Waals surface area contributed by atoms with Crippen molar-refractivity contribution >= 4 is 16.7 Å². The van der Waals surface area contributed by atoms with Crippen molar-refractivity contribution < 1.29 is 30.7 Å². The van der Waals surface area contributed by atoms with Crippen molar-refractivity contribution in [2.45, 2.75) is 50.9 Å². The van der Waals surface area contributed by atoms with E-state index in [4.69, 9.17) is 0 Å². The zero-order valence-corrected chi connectivity index (χ0v) is 18.0. The number of benzene rings is 1. The van der Waals surface area contributed by atoms with E-state index >= 15 is 0 Å². The quantitative estimate of drug-likeness (QED) is 0.444. The molecule has 0 radical (unpaired) electrons. The first-order chi connectivity index (χ1) is 15.9. The van der Waals surface area contributed by atoms with Gasteiger partial charge in [0.05, 0.1) is 28.0 Å². The molecule has 34 heavy (non-hydrogen) atoms. The molecule has 1 aliphatic rings. The number of alkyl halides is 6. The fraction of sp³-hybridized carbons (Fsp3) is 0.409. The number of aryl methyl sites for hydroxylation is 1. The highest BCUT2D eigenvalue weighted by atomic mass is 19.4. The third-order valence-electron chi connectivity index (χ3n) is 5.97. The minimum atomic E-state index is -5.09. The summed E-state index contributed by atoms with van der Waals surface area (Å²) in [6.07, 6.45) is -6.71. The molecular formula is C22H19F7N4O. The van der Waals surface area contributed by atoms with Crippen molar-refractivity contribution in [3.8, 4) is 0 Å². The maximum Gasteiger partial charge on any atom is 0.423 e. The fourth-order valence-corrected chi connectivity index (χ4v) is 3.96. The highest BCUT2D eigenvalue weighted by molar-refractivity contribution is 5.91. The molecule has 0 amide bonds. The van der Waals surface area contributed by atoms with Crippen LogP contribution >= 0.6 is 0 Å². The number of hydrogen-bond donors (Lipinski definition) is 1. The lowest BCUT2D eigenvalue weighted by Gasteiger charge is -2.22. The normalized spacial score (nSPS) is 16.2. The van der Waals surface area contributed by atoms with E-state index in [0.717, 1.165) is 16.8 Å². The van der Waals surface area contributed by atoms with Crippen molar-refractivity contribution in [1.29, 1.82) is 0 Å². The summed E-state index contributed by atoms with van der Waals surface area (Å²) in [5.74, 6) is -1.45. The van der Waals surface area contributed by atoms with Gasteiger partial charge in [0.1, 0.15) is 29.7 Å². The molecule has 1 atom stereocenters. The second-order valence-corrected chi connectivity index (χ2v) is 8.33. The van der Waals surface area contributed by atoms with Crippen molar-refractivity contribution in [2.24, 2.45) is 0 Å². The Morgan fingerprint density at radius 3 is 2.38 bits per heavy atom. The number of hydrogen-bond acceptors (Lipinski definition) is 4. The summed E-state index contributed by atoms with van der Waals surface area (Å²) in [5.41, 5.74) is -6.01. The van der Waals surface area contributed by atoms with E-state index < -0.39 is 58.9 Å². The van der Waals surface area contributed by atoms with Gasteiger partial charge in [0.25, 0.3) is 12.0 Å². The van der Waals surface area contributed by atoms with Gasteiger partial charge in [0, 0.05) is 11.8 Å². The van der Waals surface area contributed by atoms with Crippen LogP contribution in [-0.4, -0.2) is 21.2 Å². The van der Waals surface area contributed by atoms with Crippen LogP contribution < -0.4 is 10.9 Å². The van der Waals surface area contributed by atoms with Crippen LogP contribution in [-0.2, 0) is 11.7 Å². The molecule has 1 aliphatic carbocycles. The molecule has 182 valence electrons. The number of aromatic nitrogens is 3. The van der Waals surface area contributed by atoms with Crippen LogP contribution in [0.25, 0.3) is 10.9 Å².